The van der Waals surface area contributed by atoms with Crippen molar-refractivity contribution in [2.24, 2.45) is 0 Å². The number of carboxylic acid groups (broad SMARTS) is 1. The number of nitrogen functional groups attached to an aromatic ring is 1. The van der Waals surface area contributed by atoms with Gasteiger partial charge in [0, 0.05) is 11.8 Å². The molecule has 1 aromatic carbocycles. The van der Waals surface area contributed by atoms with E-state index in [1.54, 1.807) is 0 Å². The van der Waals surface area contributed by atoms with Gasteiger partial charge in [0.25, 0.3) is 0 Å². The second-order valence-corrected chi connectivity index (χ2v) is 3.35. The van der Waals surface area contributed by atoms with Crippen LogP contribution in [0.1, 0.15) is 17.3 Å². The predicted molar refractivity (Wildman–Crippen MR) is 59.9 cm³/mol. The fourth-order valence-corrected chi connectivity index (χ4v) is 1.16. The molecule has 0 heterocycles. The van der Waals surface area contributed by atoms with Crippen molar-refractivity contribution in [2.75, 3.05) is 12.8 Å². The molecule has 0 saturated heterocycles. The third-order valence-corrected chi connectivity index (χ3v) is 2.06. The minimum atomic E-state index is -1.14. The first kappa shape index (κ1) is 12.8. The Labute approximate surface area is 97.9 Å². The summed E-state index contributed by atoms with van der Waals surface area (Å²) in [6.45, 7) is 1.35. The molecule has 1 aromatic rings. The molecule has 0 aliphatic rings. The van der Waals surface area contributed by atoms with E-state index < -0.39 is 18.0 Å². The lowest BCUT2D eigenvalue weighted by Crippen LogP contribution is -2.24. The number of methoxy groups -OCH3 is 1. The Hall–Kier alpha value is -2.24. The highest BCUT2D eigenvalue weighted by Gasteiger charge is 2.18. The van der Waals surface area contributed by atoms with Crippen molar-refractivity contribution in [1.29, 1.82) is 0 Å². The molecule has 17 heavy (non-hydrogen) atoms. The number of rotatable bonds is 4. The van der Waals surface area contributed by atoms with Crippen LogP contribution in [0, 0.1) is 0 Å². The summed E-state index contributed by atoms with van der Waals surface area (Å²) in [6.07, 6.45) is -1.08. The second-order valence-electron chi connectivity index (χ2n) is 3.35. The van der Waals surface area contributed by atoms with Crippen molar-refractivity contribution in [2.45, 2.75) is 13.0 Å². The van der Waals surface area contributed by atoms with E-state index in [0.29, 0.717) is 5.69 Å². The van der Waals surface area contributed by atoms with Crippen LogP contribution in [0.2, 0.25) is 0 Å². The number of nitrogens with two attached hydrogens (primary N) is 1. The first-order chi connectivity index (χ1) is 7.95. The number of esters is 1. The van der Waals surface area contributed by atoms with Crippen molar-refractivity contribution in [3.63, 3.8) is 0 Å². The topological polar surface area (TPSA) is 98.9 Å². The highest BCUT2D eigenvalue weighted by Crippen LogP contribution is 2.23. The average Bonchev–Trinajstić information content (AvgIpc) is 2.28. The molecule has 0 saturated carbocycles. The summed E-state index contributed by atoms with van der Waals surface area (Å²) in [5.74, 6) is -1.66. The van der Waals surface area contributed by atoms with Crippen molar-refractivity contribution in [1.82, 2.24) is 0 Å². The predicted octanol–water partition coefficient (Wildman–Crippen LogP) is 0.907. The summed E-state index contributed by atoms with van der Waals surface area (Å²) in [4.78, 5) is 22.1. The van der Waals surface area contributed by atoms with Crippen LogP contribution in [0.5, 0.6) is 5.75 Å². The van der Waals surface area contributed by atoms with Gasteiger partial charge in [-0.05, 0) is 19.1 Å². The van der Waals surface area contributed by atoms with Crippen LogP contribution in [0.15, 0.2) is 18.2 Å². The van der Waals surface area contributed by atoms with Crippen LogP contribution in [0.3, 0.4) is 0 Å². The van der Waals surface area contributed by atoms with E-state index in [0.717, 1.165) is 0 Å². The molecular formula is C11H13NO5. The molecule has 1 atom stereocenters. The number of hydrogen-bond donors (Lipinski definition) is 2. The number of aliphatic carboxylic acids is 1. The lowest BCUT2D eigenvalue weighted by Gasteiger charge is -2.13. The Bertz CT molecular complexity index is 443. The smallest absolute Gasteiger partial charge is 0.344 e. The first-order valence-corrected chi connectivity index (χ1v) is 4.83. The average molecular weight is 239 g/mol. The van der Waals surface area contributed by atoms with Gasteiger partial charge in [0.2, 0.25) is 0 Å². The number of ether oxygens (including phenoxy) is 2. The summed E-state index contributed by atoms with van der Waals surface area (Å²) >= 11 is 0. The monoisotopic (exact) mass is 239 g/mol. The molecule has 0 radical (unpaired) electrons. The van der Waals surface area contributed by atoms with Gasteiger partial charge in [-0.25, -0.2) is 9.59 Å². The number of carbonyl (C=O) groups excluding carboxylic acids is 1. The van der Waals surface area contributed by atoms with Gasteiger partial charge in [-0.3, -0.25) is 0 Å². The molecule has 6 nitrogen and oxygen atoms in total. The van der Waals surface area contributed by atoms with Crippen LogP contribution in [0.4, 0.5) is 5.69 Å². The van der Waals surface area contributed by atoms with Crippen LogP contribution >= 0.6 is 0 Å². The molecule has 1 unspecified atom stereocenters. The Morgan fingerprint density at radius 3 is 2.59 bits per heavy atom. The Balaban J connectivity index is 3.07. The fraction of sp³-hybridized carbons (Fsp3) is 0.273. The number of hydrogen-bond acceptors (Lipinski definition) is 5. The van der Waals surface area contributed by atoms with E-state index in [4.69, 9.17) is 15.6 Å². The maximum Gasteiger partial charge on any atom is 0.344 e. The lowest BCUT2D eigenvalue weighted by atomic mass is 10.2. The van der Waals surface area contributed by atoms with Crippen LogP contribution < -0.4 is 10.5 Å². The molecule has 0 aromatic heterocycles. The van der Waals surface area contributed by atoms with Gasteiger partial charge in [0.05, 0.1) is 7.11 Å². The molecule has 0 amide bonds. The van der Waals surface area contributed by atoms with Gasteiger partial charge >= 0.3 is 11.9 Å². The van der Waals surface area contributed by atoms with Crippen LogP contribution in [-0.4, -0.2) is 30.3 Å². The van der Waals surface area contributed by atoms with Gasteiger partial charge in [0.1, 0.15) is 11.3 Å². The van der Waals surface area contributed by atoms with Gasteiger partial charge in [-0.15, -0.1) is 0 Å². The van der Waals surface area contributed by atoms with Gasteiger partial charge in [-0.2, -0.15) is 0 Å². The van der Waals surface area contributed by atoms with E-state index in [1.807, 2.05) is 0 Å². The summed E-state index contributed by atoms with van der Waals surface area (Å²) in [5, 5.41) is 8.73. The van der Waals surface area contributed by atoms with Crippen molar-refractivity contribution in [3.8, 4) is 5.75 Å². The Morgan fingerprint density at radius 2 is 2.06 bits per heavy atom. The maximum atomic E-state index is 11.4. The fourth-order valence-electron chi connectivity index (χ4n) is 1.16. The molecule has 0 bridgehead atoms. The van der Waals surface area contributed by atoms with Gasteiger partial charge < -0.3 is 20.3 Å². The normalized spacial score (nSPS) is 11.6. The van der Waals surface area contributed by atoms with E-state index in [1.165, 1.54) is 32.2 Å². The second kappa shape index (κ2) is 5.20. The van der Waals surface area contributed by atoms with E-state index in [9.17, 15) is 9.59 Å². The molecule has 92 valence electrons. The van der Waals surface area contributed by atoms with Crippen molar-refractivity contribution in [3.05, 3.63) is 23.8 Å². The molecule has 0 aliphatic carbocycles. The molecule has 3 N–H and O–H groups in total. The standard InChI is InChI=1S/C11H13NO5/c1-6(10(13)14)17-9-5-7(12)3-4-8(9)11(15)16-2/h3-6H,12H2,1-2H3,(H,13,14). The minimum absolute atomic E-state index is 0.0896. The third-order valence-electron chi connectivity index (χ3n) is 2.06. The minimum Gasteiger partial charge on any atom is -0.479 e. The Morgan fingerprint density at radius 1 is 1.41 bits per heavy atom. The molecule has 0 fully saturated rings. The molecule has 6 heteroatoms. The van der Waals surface area contributed by atoms with Gasteiger partial charge in [0.15, 0.2) is 6.10 Å². The van der Waals surface area contributed by atoms with Crippen molar-refractivity contribution >= 4 is 17.6 Å². The molecule has 0 aliphatic heterocycles. The summed E-state index contributed by atoms with van der Waals surface area (Å²) in [6, 6.07) is 4.31. The first-order valence-electron chi connectivity index (χ1n) is 4.83. The molecule has 0 spiro atoms. The highest BCUT2D eigenvalue weighted by molar-refractivity contribution is 5.93. The highest BCUT2D eigenvalue weighted by atomic mass is 16.5. The summed E-state index contributed by atoms with van der Waals surface area (Å²) in [7, 11) is 1.23. The number of carbonyl (C=O) groups is 2. The van der Waals surface area contributed by atoms with Gasteiger partial charge in [-0.1, -0.05) is 0 Å². The zero-order chi connectivity index (χ0) is 13.0. The number of carboxylic acids is 1. The quantitative estimate of drug-likeness (QED) is 0.598. The van der Waals surface area contributed by atoms with Crippen molar-refractivity contribution < 1.29 is 24.2 Å². The van der Waals surface area contributed by atoms with E-state index in [-0.39, 0.29) is 11.3 Å². The van der Waals surface area contributed by atoms with E-state index in [2.05, 4.69) is 4.74 Å². The maximum absolute atomic E-state index is 11.4. The number of benzene rings is 1. The summed E-state index contributed by atoms with van der Waals surface area (Å²) < 4.78 is 9.68. The Kier molecular flexibility index (Phi) is 3.92. The molecular weight excluding hydrogens is 226 g/mol. The van der Waals surface area contributed by atoms with Crippen LogP contribution in [0.25, 0.3) is 0 Å². The van der Waals surface area contributed by atoms with E-state index >= 15 is 0 Å². The zero-order valence-electron chi connectivity index (χ0n) is 9.47. The largest absolute Gasteiger partial charge is 0.479 e. The third kappa shape index (κ3) is 3.10. The SMILES string of the molecule is COC(=O)c1ccc(N)cc1OC(C)C(=O)O. The lowest BCUT2D eigenvalue weighted by molar-refractivity contribution is -0.144. The molecule has 1 rings (SSSR count). The summed E-state index contributed by atoms with van der Waals surface area (Å²) in [5.41, 5.74) is 6.04. The zero-order valence-corrected chi connectivity index (χ0v) is 9.47. The number of anilines is 1. The van der Waals surface area contributed by atoms with Crippen LogP contribution in [-0.2, 0) is 9.53 Å².